The molecule has 0 saturated carbocycles. The van der Waals surface area contributed by atoms with E-state index >= 15 is 0 Å². The van der Waals surface area contributed by atoms with Crippen molar-refractivity contribution in [2.45, 2.75) is 4.90 Å². The number of rotatable bonds is 2. The first-order valence-corrected chi connectivity index (χ1v) is 7.60. The highest BCUT2D eigenvalue weighted by molar-refractivity contribution is 8.19. The molecule has 0 aromatic heterocycles. The molecule has 1 saturated heterocycles. The van der Waals surface area contributed by atoms with Gasteiger partial charge in [-0.15, -0.1) is 0 Å². The van der Waals surface area contributed by atoms with Gasteiger partial charge in [-0.1, -0.05) is 23.9 Å². The molecular formula is C13H9N2O4S2-. The topological polar surface area (TPSA) is 80.8 Å². The van der Waals surface area contributed by atoms with Crippen LogP contribution in [0.5, 0.6) is 0 Å². The maximum absolute atomic E-state index is 12.2. The monoisotopic (exact) mass is 321 g/mol. The first-order chi connectivity index (χ1) is 9.99. The van der Waals surface area contributed by atoms with Crippen molar-refractivity contribution in [3.05, 3.63) is 34.2 Å². The number of hydrogen-bond acceptors (Lipinski definition) is 7. The van der Waals surface area contributed by atoms with Crippen LogP contribution >= 0.6 is 23.5 Å². The highest BCUT2D eigenvalue weighted by Crippen LogP contribution is 2.49. The first kappa shape index (κ1) is 14.0. The molecule has 3 rings (SSSR count). The Balaban J connectivity index is 1.97. The Morgan fingerprint density at radius 2 is 1.95 bits per heavy atom. The van der Waals surface area contributed by atoms with Gasteiger partial charge >= 0.3 is 0 Å². The zero-order chi connectivity index (χ0) is 15.1. The van der Waals surface area contributed by atoms with Gasteiger partial charge in [0, 0.05) is 11.9 Å². The molecule has 0 aliphatic carbocycles. The van der Waals surface area contributed by atoms with Crippen molar-refractivity contribution in [1.29, 1.82) is 0 Å². The molecule has 2 aliphatic rings. The molecule has 0 bridgehead atoms. The maximum atomic E-state index is 12.2. The molecule has 2 amide bonds. The fourth-order valence-electron chi connectivity index (χ4n) is 2.09. The fraction of sp³-hybridized carbons (Fsp3) is 0.154. The van der Waals surface area contributed by atoms with E-state index in [1.165, 1.54) is 11.8 Å². The number of carboxylic acids is 1. The molecule has 6 nitrogen and oxygen atoms in total. The van der Waals surface area contributed by atoms with Gasteiger partial charge in [0.05, 0.1) is 23.2 Å². The van der Waals surface area contributed by atoms with Crippen molar-refractivity contribution in [3.8, 4) is 0 Å². The summed E-state index contributed by atoms with van der Waals surface area (Å²) in [6, 6.07) is 7.63. The average Bonchev–Trinajstić information content (AvgIpc) is 2.91. The molecule has 1 aromatic carbocycles. The van der Waals surface area contributed by atoms with Crippen LogP contribution in [-0.4, -0.2) is 35.6 Å². The van der Waals surface area contributed by atoms with Crippen molar-refractivity contribution in [3.63, 3.8) is 0 Å². The zero-order valence-corrected chi connectivity index (χ0v) is 12.5. The van der Waals surface area contributed by atoms with Gasteiger partial charge in [0.15, 0.2) is 0 Å². The number of fused-ring (bicyclic) bond motifs is 1. The van der Waals surface area contributed by atoms with Gasteiger partial charge in [-0.2, -0.15) is 0 Å². The molecule has 0 atom stereocenters. The standard InChI is InChI=1S/C13H10N2O4S2/c1-14-7-4-2-3-5-8(7)20-12(14)10-11(18)15(6-9(16)17)13(19)21-10/h2-5H,6H2,1H3,(H,16,17)/p-1/b12-10+. The highest BCUT2D eigenvalue weighted by Gasteiger charge is 2.40. The van der Waals surface area contributed by atoms with E-state index in [2.05, 4.69) is 0 Å². The third kappa shape index (κ3) is 2.30. The molecule has 0 radical (unpaired) electrons. The number of carboxylic acid groups (broad SMARTS) is 1. The van der Waals surface area contributed by atoms with Gasteiger partial charge in [-0.05, 0) is 23.9 Å². The van der Waals surface area contributed by atoms with E-state index in [0.717, 1.165) is 22.3 Å². The summed E-state index contributed by atoms with van der Waals surface area (Å²) in [6.45, 7) is -0.719. The molecule has 1 fully saturated rings. The van der Waals surface area contributed by atoms with Crippen LogP contribution in [0.3, 0.4) is 0 Å². The van der Waals surface area contributed by atoms with Crippen LogP contribution < -0.4 is 10.0 Å². The molecule has 2 heterocycles. The first-order valence-electron chi connectivity index (χ1n) is 5.97. The lowest BCUT2D eigenvalue weighted by Gasteiger charge is -2.15. The minimum Gasteiger partial charge on any atom is -0.548 e. The second-order valence-corrected chi connectivity index (χ2v) is 6.39. The lowest BCUT2D eigenvalue weighted by molar-refractivity contribution is -0.305. The number of benzene rings is 1. The summed E-state index contributed by atoms with van der Waals surface area (Å²) in [7, 11) is 1.81. The van der Waals surface area contributed by atoms with Crippen LogP contribution in [0.4, 0.5) is 10.5 Å². The summed E-state index contributed by atoms with van der Waals surface area (Å²) in [5, 5.41) is 10.7. The van der Waals surface area contributed by atoms with E-state index < -0.39 is 23.7 Å². The highest BCUT2D eigenvalue weighted by atomic mass is 32.2. The van der Waals surface area contributed by atoms with Crippen LogP contribution in [0.1, 0.15) is 0 Å². The van der Waals surface area contributed by atoms with Gasteiger partial charge in [0.25, 0.3) is 11.1 Å². The number of imide groups is 1. The van der Waals surface area contributed by atoms with Crippen LogP contribution in [0, 0.1) is 0 Å². The van der Waals surface area contributed by atoms with Gasteiger partial charge in [0.2, 0.25) is 0 Å². The summed E-state index contributed by atoms with van der Waals surface area (Å²) in [5.74, 6) is -2.05. The largest absolute Gasteiger partial charge is 0.548 e. The minimum atomic E-state index is -1.46. The molecular weight excluding hydrogens is 312 g/mol. The fourth-order valence-corrected chi connectivity index (χ4v) is 4.28. The van der Waals surface area contributed by atoms with Gasteiger partial charge in [0.1, 0.15) is 4.91 Å². The van der Waals surface area contributed by atoms with Crippen molar-refractivity contribution >= 4 is 46.3 Å². The second-order valence-electron chi connectivity index (χ2n) is 4.39. The van der Waals surface area contributed by atoms with E-state index in [-0.39, 0.29) is 4.91 Å². The molecule has 0 spiro atoms. The predicted octanol–water partition coefficient (Wildman–Crippen LogP) is 0.843. The van der Waals surface area contributed by atoms with E-state index in [9.17, 15) is 19.5 Å². The smallest absolute Gasteiger partial charge is 0.294 e. The predicted molar refractivity (Wildman–Crippen MR) is 77.4 cm³/mol. The molecule has 1 aromatic rings. The Bertz CT molecular complexity index is 701. The number of aliphatic carboxylic acids is 1. The van der Waals surface area contributed by atoms with Gasteiger partial charge < -0.3 is 14.8 Å². The maximum Gasteiger partial charge on any atom is 0.294 e. The average molecular weight is 321 g/mol. The van der Waals surface area contributed by atoms with Crippen LogP contribution in [0.2, 0.25) is 0 Å². The molecule has 0 unspecified atom stereocenters. The number of anilines is 1. The summed E-state index contributed by atoms with van der Waals surface area (Å²) in [4.78, 5) is 38.4. The number of para-hydroxylation sites is 1. The van der Waals surface area contributed by atoms with Gasteiger partial charge in [-0.3, -0.25) is 14.5 Å². The number of thioether (sulfide) groups is 2. The van der Waals surface area contributed by atoms with Gasteiger partial charge in [-0.25, -0.2) is 0 Å². The zero-order valence-electron chi connectivity index (χ0n) is 10.9. The molecule has 108 valence electrons. The Morgan fingerprint density at radius 3 is 2.62 bits per heavy atom. The normalized spacial score (nSPS) is 21.2. The second kappa shape index (κ2) is 5.12. The summed E-state index contributed by atoms with van der Waals surface area (Å²) >= 11 is 2.15. The third-order valence-electron chi connectivity index (χ3n) is 3.07. The van der Waals surface area contributed by atoms with E-state index in [0.29, 0.717) is 9.93 Å². The van der Waals surface area contributed by atoms with Crippen molar-refractivity contribution in [1.82, 2.24) is 4.90 Å². The van der Waals surface area contributed by atoms with E-state index in [4.69, 9.17) is 0 Å². The summed E-state index contributed by atoms with van der Waals surface area (Å²) in [5.41, 5.74) is 0.948. The Labute approximate surface area is 128 Å². The molecule has 0 N–H and O–H groups in total. The Hall–Kier alpha value is -1.93. The molecule has 21 heavy (non-hydrogen) atoms. The summed E-state index contributed by atoms with van der Waals surface area (Å²) < 4.78 is 0. The van der Waals surface area contributed by atoms with Crippen LogP contribution in [0.25, 0.3) is 0 Å². The van der Waals surface area contributed by atoms with Crippen LogP contribution in [0.15, 0.2) is 39.1 Å². The van der Waals surface area contributed by atoms with Crippen molar-refractivity contribution < 1.29 is 19.5 Å². The molecule has 2 aliphatic heterocycles. The molecule has 8 heteroatoms. The number of carbonyl (C=O) groups is 3. The summed E-state index contributed by atoms with van der Waals surface area (Å²) in [6.07, 6.45) is 0. The van der Waals surface area contributed by atoms with Crippen LogP contribution in [-0.2, 0) is 9.59 Å². The quantitative estimate of drug-likeness (QED) is 0.747. The SMILES string of the molecule is CN1/C(=C2\SC(=O)N(CC(=O)[O-])C2=O)Sc2ccccc21. The number of carbonyl (C=O) groups excluding carboxylic acids is 3. The minimum absolute atomic E-state index is 0.255. The number of amides is 2. The van der Waals surface area contributed by atoms with Crippen molar-refractivity contribution in [2.24, 2.45) is 0 Å². The van der Waals surface area contributed by atoms with E-state index in [1.54, 1.807) is 7.05 Å². The number of nitrogens with zero attached hydrogens (tertiary/aromatic N) is 2. The van der Waals surface area contributed by atoms with E-state index in [1.807, 2.05) is 29.2 Å². The lowest BCUT2D eigenvalue weighted by atomic mass is 10.3. The lowest BCUT2D eigenvalue weighted by Crippen LogP contribution is -2.40. The third-order valence-corrected chi connectivity index (χ3v) is 5.40. The Kier molecular flexibility index (Phi) is 3.42. The Morgan fingerprint density at radius 1 is 1.24 bits per heavy atom. The number of hydrogen-bond donors (Lipinski definition) is 0. The van der Waals surface area contributed by atoms with Crippen molar-refractivity contribution in [2.75, 3.05) is 18.5 Å².